The van der Waals surface area contributed by atoms with Gasteiger partial charge in [0.1, 0.15) is 0 Å². The van der Waals surface area contributed by atoms with Crippen LogP contribution in [-0.4, -0.2) is 20.0 Å². The smallest absolute Gasteiger partial charge is 0.268 e. The number of hydrogen-bond acceptors (Lipinski definition) is 3. The summed E-state index contributed by atoms with van der Waals surface area (Å²) in [6.45, 7) is 5.49. The molecule has 0 N–H and O–H groups in total. The van der Waals surface area contributed by atoms with Crippen LogP contribution in [0.4, 0.5) is 0 Å². The highest BCUT2D eigenvalue weighted by atomic mass is 79.9. The molecule has 0 amide bonds. The molecular formula is C16H12BrN3O2. The maximum atomic E-state index is 12.7. The molecule has 0 saturated carbocycles. The lowest BCUT2D eigenvalue weighted by molar-refractivity contribution is 0.0960. The molecule has 110 valence electrons. The van der Waals surface area contributed by atoms with Crippen LogP contribution in [0.25, 0.3) is 16.9 Å². The van der Waals surface area contributed by atoms with E-state index in [0.29, 0.717) is 26.9 Å². The van der Waals surface area contributed by atoms with Crippen LogP contribution in [-0.2, 0) is 0 Å². The van der Waals surface area contributed by atoms with Gasteiger partial charge in [-0.2, -0.15) is 0 Å². The second-order valence-electron chi connectivity index (χ2n) is 4.86. The van der Waals surface area contributed by atoms with E-state index in [9.17, 15) is 9.59 Å². The van der Waals surface area contributed by atoms with E-state index >= 15 is 0 Å². The van der Waals surface area contributed by atoms with Gasteiger partial charge in [0.05, 0.1) is 5.52 Å². The number of carbonyl (C=O) groups is 1. The Hall–Kier alpha value is -2.47. The molecule has 0 unspecified atom stereocenters. The van der Waals surface area contributed by atoms with Crippen LogP contribution in [0.1, 0.15) is 17.3 Å². The summed E-state index contributed by atoms with van der Waals surface area (Å²) in [7, 11) is 0. The fourth-order valence-corrected chi connectivity index (χ4v) is 2.62. The number of carbonyl (C=O) groups excluding carboxylic acids is 1. The summed E-state index contributed by atoms with van der Waals surface area (Å²) in [5.74, 6) is -0.393. The third kappa shape index (κ3) is 2.21. The van der Waals surface area contributed by atoms with Crippen molar-refractivity contribution in [2.75, 3.05) is 0 Å². The van der Waals surface area contributed by atoms with Gasteiger partial charge in [0.25, 0.3) is 5.91 Å². The molecule has 0 fully saturated rings. The number of rotatable bonds is 2. The first kappa shape index (κ1) is 14.5. The van der Waals surface area contributed by atoms with Crippen LogP contribution in [0.3, 0.4) is 0 Å². The molecule has 22 heavy (non-hydrogen) atoms. The number of benzene rings is 1. The SMILES string of the molecule is C=C(C)n1c(=O)n(C(=O)c2ccccc2)c2cc(Br)cnc21. The fraction of sp³-hybridized carbons (Fsp3) is 0.0625. The van der Waals surface area contributed by atoms with Gasteiger partial charge in [-0.15, -0.1) is 0 Å². The number of allylic oxidation sites excluding steroid dienone is 1. The van der Waals surface area contributed by atoms with E-state index in [4.69, 9.17) is 0 Å². The molecule has 0 spiro atoms. The second-order valence-corrected chi connectivity index (χ2v) is 5.77. The van der Waals surface area contributed by atoms with E-state index in [1.807, 2.05) is 6.07 Å². The van der Waals surface area contributed by atoms with E-state index in [-0.39, 0.29) is 0 Å². The zero-order chi connectivity index (χ0) is 15.9. The molecule has 0 aliphatic rings. The summed E-state index contributed by atoms with van der Waals surface area (Å²) >= 11 is 3.32. The Morgan fingerprint density at radius 2 is 1.91 bits per heavy atom. The zero-order valence-corrected chi connectivity index (χ0v) is 13.4. The molecule has 3 rings (SSSR count). The minimum atomic E-state index is -0.470. The first-order valence-electron chi connectivity index (χ1n) is 6.55. The topological polar surface area (TPSA) is 56.9 Å². The largest absolute Gasteiger partial charge is 0.341 e. The number of fused-ring (bicyclic) bond motifs is 1. The quantitative estimate of drug-likeness (QED) is 0.707. The predicted molar refractivity (Wildman–Crippen MR) is 88.9 cm³/mol. The fourth-order valence-electron chi connectivity index (χ4n) is 2.30. The molecule has 0 atom stereocenters. The predicted octanol–water partition coefficient (Wildman–Crippen LogP) is 3.14. The van der Waals surface area contributed by atoms with Crippen molar-refractivity contribution in [3.05, 3.63) is 69.7 Å². The number of aromatic nitrogens is 3. The molecule has 0 saturated heterocycles. The lowest BCUT2D eigenvalue weighted by Crippen LogP contribution is -2.28. The van der Waals surface area contributed by atoms with Crippen LogP contribution in [0, 0.1) is 0 Å². The Morgan fingerprint density at radius 3 is 2.55 bits per heavy atom. The van der Waals surface area contributed by atoms with Crippen molar-refractivity contribution in [2.45, 2.75) is 6.92 Å². The van der Waals surface area contributed by atoms with Crippen molar-refractivity contribution in [1.29, 1.82) is 0 Å². The Kier molecular flexibility index (Phi) is 3.54. The summed E-state index contributed by atoms with van der Waals surface area (Å²) in [4.78, 5) is 29.6. The Balaban J connectivity index is 2.37. The first-order valence-corrected chi connectivity index (χ1v) is 7.34. The Bertz CT molecular complexity index is 955. The molecule has 0 radical (unpaired) electrons. The lowest BCUT2D eigenvalue weighted by Gasteiger charge is -2.01. The Labute approximate surface area is 134 Å². The van der Waals surface area contributed by atoms with E-state index in [2.05, 4.69) is 27.5 Å². The minimum absolute atomic E-state index is 0.393. The van der Waals surface area contributed by atoms with Gasteiger partial charge in [0, 0.05) is 21.9 Å². The summed E-state index contributed by atoms with van der Waals surface area (Å²) < 4.78 is 3.15. The average Bonchev–Trinajstić information content (AvgIpc) is 2.78. The minimum Gasteiger partial charge on any atom is -0.268 e. The third-order valence-electron chi connectivity index (χ3n) is 3.25. The van der Waals surface area contributed by atoms with Gasteiger partial charge in [-0.3, -0.25) is 4.79 Å². The standard InChI is InChI=1S/C16H12BrN3O2/c1-10(2)19-14-13(8-12(17)9-18-14)20(16(19)22)15(21)11-6-4-3-5-7-11/h3-9H,1H2,2H3. The van der Waals surface area contributed by atoms with E-state index in [0.717, 1.165) is 4.57 Å². The Morgan fingerprint density at radius 1 is 1.23 bits per heavy atom. The molecule has 2 heterocycles. The maximum Gasteiger partial charge on any atom is 0.341 e. The van der Waals surface area contributed by atoms with Gasteiger partial charge < -0.3 is 0 Å². The molecule has 5 nitrogen and oxygen atoms in total. The molecule has 1 aromatic carbocycles. The van der Waals surface area contributed by atoms with Crippen LogP contribution >= 0.6 is 15.9 Å². The van der Waals surface area contributed by atoms with Crippen molar-refractivity contribution in [1.82, 2.24) is 14.1 Å². The van der Waals surface area contributed by atoms with Crippen molar-refractivity contribution in [3.8, 4) is 0 Å². The monoisotopic (exact) mass is 357 g/mol. The van der Waals surface area contributed by atoms with E-state index < -0.39 is 11.6 Å². The lowest BCUT2D eigenvalue weighted by atomic mass is 10.2. The highest BCUT2D eigenvalue weighted by Gasteiger charge is 2.21. The third-order valence-corrected chi connectivity index (χ3v) is 3.69. The van der Waals surface area contributed by atoms with Crippen molar-refractivity contribution in [2.24, 2.45) is 0 Å². The molecular weight excluding hydrogens is 346 g/mol. The van der Waals surface area contributed by atoms with Gasteiger partial charge in [0.15, 0.2) is 5.65 Å². The number of pyridine rings is 1. The molecule has 6 heteroatoms. The first-order chi connectivity index (χ1) is 10.5. The number of imidazole rings is 1. The van der Waals surface area contributed by atoms with E-state index in [1.54, 1.807) is 43.5 Å². The van der Waals surface area contributed by atoms with Gasteiger partial charge in [0.2, 0.25) is 0 Å². The maximum absolute atomic E-state index is 12.7. The molecule has 2 aromatic heterocycles. The summed E-state index contributed by atoms with van der Waals surface area (Å²) in [5.41, 5.74) is 1.32. The van der Waals surface area contributed by atoms with E-state index in [1.165, 1.54) is 4.57 Å². The average molecular weight is 358 g/mol. The normalized spacial score (nSPS) is 10.8. The van der Waals surface area contributed by atoms with Crippen LogP contribution in [0.5, 0.6) is 0 Å². The highest BCUT2D eigenvalue weighted by molar-refractivity contribution is 9.10. The summed E-state index contributed by atoms with van der Waals surface area (Å²) in [5, 5.41) is 0. The van der Waals surface area contributed by atoms with Crippen molar-refractivity contribution < 1.29 is 4.79 Å². The second kappa shape index (κ2) is 5.38. The zero-order valence-electron chi connectivity index (χ0n) is 11.8. The van der Waals surface area contributed by atoms with Crippen LogP contribution in [0.15, 0.2) is 58.4 Å². The molecule has 3 aromatic rings. The molecule has 0 bridgehead atoms. The van der Waals surface area contributed by atoms with Gasteiger partial charge >= 0.3 is 5.69 Å². The highest BCUT2D eigenvalue weighted by Crippen LogP contribution is 2.19. The van der Waals surface area contributed by atoms with Gasteiger partial charge in [-0.25, -0.2) is 18.9 Å². The van der Waals surface area contributed by atoms with Gasteiger partial charge in [-0.05, 0) is 41.1 Å². The summed E-state index contributed by atoms with van der Waals surface area (Å²) in [6.07, 6.45) is 1.58. The molecule has 0 aliphatic carbocycles. The van der Waals surface area contributed by atoms with Crippen LogP contribution in [0.2, 0.25) is 0 Å². The van der Waals surface area contributed by atoms with Crippen molar-refractivity contribution >= 4 is 38.7 Å². The number of hydrogen-bond donors (Lipinski definition) is 0. The number of halogens is 1. The van der Waals surface area contributed by atoms with Gasteiger partial charge in [-0.1, -0.05) is 24.8 Å². The molecule has 0 aliphatic heterocycles. The number of nitrogens with zero attached hydrogens (tertiary/aromatic N) is 3. The van der Waals surface area contributed by atoms with Crippen LogP contribution < -0.4 is 5.69 Å². The van der Waals surface area contributed by atoms with Crippen molar-refractivity contribution in [3.63, 3.8) is 0 Å². The summed E-state index contributed by atoms with van der Waals surface area (Å²) in [6, 6.07) is 10.4.